The topological polar surface area (TPSA) is 103 Å². The Labute approximate surface area is 128 Å². The Morgan fingerprint density at radius 1 is 1.48 bits per heavy atom. The van der Waals surface area contributed by atoms with Gasteiger partial charge in [0.25, 0.3) is 0 Å². The number of sulfonamides is 1. The number of aryl methyl sites for hydroxylation is 2. The summed E-state index contributed by atoms with van der Waals surface area (Å²) in [5.41, 5.74) is 6.28. The van der Waals surface area contributed by atoms with Gasteiger partial charge in [0.05, 0.1) is 29.5 Å². The molecule has 0 aliphatic carbocycles. The van der Waals surface area contributed by atoms with Gasteiger partial charge in [-0.05, 0) is 20.8 Å². The van der Waals surface area contributed by atoms with Crippen molar-refractivity contribution in [1.82, 2.24) is 19.5 Å². The van der Waals surface area contributed by atoms with Crippen LogP contribution in [-0.2, 0) is 16.6 Å². The van der Waals surface area contributed by atoms with Crippen LogP contribution in [0.2, 0.25) is 0 Å². The zero-order valence-electron chi connectivity index (χ0n) is 12.2. The van der Waals surface area contributed by atoms with Crippen LogP contribution in [0.3, 0.4) is 0 Å². The molecule has 0 bridgehead atoms. The van der Waals surface area contributed by atoms with E-state index in [1.54, 1.807) is 0 Å². The molecule has 2 aromatic heterocycles. The first kappa shape index (κ1) is 16.1. The fraction of sp³-hybridized carbons (Fsp3) is 0.500. The summed E-state index contributed by atoms with van der Waals surface area (Å²) in [6.45, 7) is 6.48. The third-order valence-corrected chi connectivity index (χ3v) is 5.69. The summed E-state index contributed by atoms with van der Waals surface area (Å²) < 4.78 is 28.9. The van der Waals surface area contributed by atoms with E-state index in [2.05, 4.69) is 14.8 Å². The molecule has 2 aromatic rings. The highest BCUT2D eigenvalue weighted by atomic mass is 32.2. The predicted octanol–water partition coefficient (Wildman–Crippen LogP) is 0.955. The summed E-state index contributed by atoms with van der Waals surface area (Å²) in [5.74, 6) is 0. The first-order chi connectivity index (χ1) is 9.83. The first-order valence-corrected chi connectivity index (χ1v) is 8.82. The number of nitrogens with one attached hydrogen (secondary N) is 1. The summed E-state index contributed by atoms with van der Waals surface area (Å²) >= 11 is 1.50. The van der Waals surface area contributed by atoms with E-state index in [1.807, 2.05) is 20.8 Å². The average Bonchev–Trinajstić information content (AvgIpc) is 2.96. The minimum absolute atomic E-state index is 0.140. The van der Waals surface area contributed by atoms with E-state index in [9.17, 15) is 8.42 Å². The molecule has 0 aliphatic rings. The summed E-state index contributed by atoms with van der Waals surface area (Å²) in [6.07, 6.45) is 2.81. The monoisotopic (exact) mass is 329 g/mol. The third-order valence-electron chi connectivity index (χ3n) is 2.94. The number of aromatic nitrogens is 3. The smallest absolute Gasteiger partial charge is 0.244 e. The van der Waals surface area contributed by atoms with E-state index in [0.29, 0.717) is 13.1 Å². The molecule has 1 unspecified atom stereocenters. The second-order valence-electron chi connectivity index (χ2n) is 4.75. The highest BCUT2D eigenvalue weighted by molar-refractivity contribution is 7.89. The molecule has 0 fully saturated rings. The van der Waals surface area contributed by atoms with Crippen molar-refractivity contribution in [2.45, 2.75) is 38.3 Å². The zero-order valence-corrected chi connectivity index (χ0v) is 13.8. The number of hydrogen-bond acceptors (Lipinski definition) is 6. The van der Waals surface area contributed by atoms with Gasteiger partial charge in [-0.25, -0.2) is 18.1 Å². The van der Waals surface area contributed by atoms with Gasteiger partial charge in [0.2, 0.25) is 10.0 Å². The van der Waals surface area contributed by atoms with Gasteiger partial charge in [-0.2, -0.15) is 5.10 Å². The number of nitrogens with two attached hydrogens (primary N) is 1. The van der Waals surface area contributed by atoms with Crippen molar-refractivity contribution in [2.24, 2.45) is 5.73 Å². The lowest BCUT2D eigenvalue weighted by atomic mass is 10.2. The molecule has 0 saturated heterocycles. The van der Waals surface area contributed by atoms with E-state index < -0.39 is 10.0 Å². The Morgan fingerprint density at radius 3 is 2.76 bits per heavy atom. The Hall–Kier alpha value is -1.29. The number of thiazole rings is 1. The van der Waals surface area contributed by atoms with Crippen molar-refractivity contribution in [3.8, 4) is 0 Å². The fourth-order valence-corrected chi connectivity index (χ4v) is 4.21. The van der Waals surface area contributed by atoms with E-state index >= 15 is 0 Å². The van der Waals surface area contributed by atoms with Crippen molar-refractivity contribution in [3.05, 3.63) is 28.0 Å². The fourth-order valence-electron chi connectivity index (χ4n) is 2.04. The first-order valence-electron chi connectivity index (χ1n) is 6.52. The Balaban J connectivity index is 2.18. The Kier molecular flexibility index (Phi) is 4.77. The lowest BCUT2D eigenvalue weighted by Crippen LogP contribution is -2.26. The van der Waals surface area contributed by atoms with Crippen LogP contribution in [-0.4, -0.2) is 29.7 Å². The van der Waals surface area contributed by atoms with Crippen molar-refractivity contribution in [3.63, 3.8) is 0 Å². The Morgan fingerprint density at radius 2 is 2.19 bits per heavy atom. The summed E-state index contributed by atoms with van der Waals surface area (Å²) in [4.78, 5) is 5.38. The number of nitrogens with zero attached hydrogens (tertiary/aromatic N) is 3. The molecule has 0 aliphatic heterocycles. The van der Waals surface area contributed by atoms with Crippen LogP contribution < -0.4 is 10.5 Å². The second-order valence-corrected chi connectivity index (χ2v) is 7.70. The van der Waals surface area contributed by atoms with Gasteiger partial charge in [0.15, 0.2) is 0 Å². The summed E-state index contributed by atoms with van der Waals surface area (Å²) in [7, 11) is -3.61. The molecular weight excluding hydrogens is 310 g/mol. The van der Waals surface area contributed by atoms with Crippen LogP contribution in [0.1, 0.15) is 28.5 Å². The van der Waals surface area contributed by atoms with Gasteiger partial charge in [0.1, 0.15) is 4.90 Å². The highest BCUT2D eigenvalue weighted by Gasteiger charge is 2.22. The lowest BCUT2D eigenvalue weighted by molar-refractivity contribution is 0.567. The maximum Gasteiger partial charge on any atom is 0.244 e. The minimum Gasteiger partial charge on any atom is -0.329 e. The van der Waals surface area contributed by atoms with Crippen molar-refractivity contribution in [1.29, 1.82) is 0 Å². The molecule has 0 aromatic carbocycles. The van der Waals surface area contributed by atoms with Crippen LogP contribution in [0, 0.1) is 13.8 Å². The van der Waals surface area contributed by atoms with E-state index in [1.165, 1.54) is 28.4 Å². The maximum atomic E-state index is 12.3. The molecule has 0 saturated carbocycles. The molecule has 9 heteroatoms. The van der Waals surface area contributed by atoms with E-state index in [-0.39, 0.29) is 10.9 Å². The molecule has 1 atom stereocenters. The van der Waals surface area contributed by atoms with Gasteiger partial charge in [0, 0.05) is 17.6 Å². The van der Waals surface area contributed by atoms with E-state index in [4.69, 9.17) is 5.73 Å². The minimum atomic E-state index is -3.61. The van der Waals surface area contributed by atoms with Gasteiger partial charge < -0.3 is 5.73 Å². The van der Waals surface area contributed by atoms with Crippen LogP contribution in [0.5, 0.6) is 0 Å². The Bertz CT molecular complexity index is 720. The van der Waals surface area contributed by atoms with Crippen LogP contribution in [0.25, 0.3) is 0 Å². The van der Waals surface area contributed by atoms with Gasteiger partial charge in [-0.1, -0.05) is 0 Å². The molecule has 0 spiro atoms. The SMILES string of the molecule is Cc1nc(C)c(C(C)NS(=O)(=O)c2cnn(CCN)c2)s1. The van der Waals surface area contributed by atoms with Gasteiger partial charge in [-0.3, -0.25) is 4.68 Å². The van der Waals surface area contributed by atoms with Crippen LogP contribution >= 0.6 is 11.3 Å². The molecule has 7 nitrogen and oxygen atoms in total. The molecule has 2 rings (SSSR count). The maximum absolute atomic E-state index is 12.3. The largest absolute Gasteiger partial charge is 0.329 e. The van der Waals surface area contributed by atoms with Gasteiger partial charge in [-0.15, -0.1) is 11.3 Å². The molecule has 3 N–H and O–H groups in total. The van der Waals surface area contributed by atoms with Crippen molar-refractivity contribution in [2.75, 3.05) is 6.54 Å². The third kappa shape index (κ3) is 3.67. The second kappa shape index (κ2) is 6.22. The zero-order chi connectivity index (χ0) is 15.6. The highest BCUT2D eigenvalue weighted by Crippen LogP contribution is 2.25. The predicted molar refractivity (Wildman–Crippen MR) is 81.6 cm³/mol. The molecular formula is C12H19N5O2S2. The molecule has 0 radical (unpaired) electrons. The van der Waals surface area contributed by atoms with Crippen molar-refractivity contribution >= 4 is 21.4 Å². The van der Waals surface area contributed by atoms with E-state index in [0.717, 1.165) is 15.6 Å². The summed E-state index contributed by atoms with van der Waals surface area (Å²) in [5, 5.41) is 4.90. The number of hydrogen-bond donors (Lipinski definition) is 2. The van der Waals surface area contributed by atoms with Crippen LogP contribution in [0.15, 0.2) is 17.3 Å². The molecule has 2 heterocycles. The lowest BCUT2D eigenvalue weighted by Gasteiger charge is -2.12. The average molecular weight is 329 g/mol. The molecule has 21 heavy (non-hydrogen) atoms. The standard InChI is InChI=1S/C12H19N5O2S2/c1-8-12(20-10(3)15-8)9(2)16-21(18,19)11-6-14-17(7-11)5-4-13/h6-7,9,16H,4-5,13H2,1-3H3. The molecule has 0 amide bonds. The molecule has 116 valence electrons. The van der Waals surface area contributed by atoms with Crippen molar-refractivity contribution < 1.29 is 8.42 Å². The van der Waals surface area contributed by atoms with Gasteiger partial charge >= 0.3 is 0 Å². The quantitative estimate of drug-likeness (QED) is 0.821. The summed E-state index contributed by atoms with van der Waals surface area (Å²) in [6, 6.07) is -0.334. The number of rotatable bonds is 6. The van der Waals surface area contributed by atoms with Crippen LogP contribution in [0.4, 0.5) is 0 Å². The normalized spacial score (nSPS) is 13.5.